The van der Waals surface area contributed by atoms with E-state index in [0.29, 0.717) is 12.5 Å². The van der Waals surface area contributed by atoms with Gasteiger partial charge < -0.3 is 14.4 Å². The predicted octanol–water partition coefficient (Wildman–Crippen LogP) is 2.39. The number of hydrogen-bond donors (Lipinski definition) is 0. The Labute approximate surface area is 125 Å². The lowest BCUT2D eigenvalue weighted by Crippen LogP contribution is -2.39. The summed E-state index contributed by atoms with van der Waals surface area (Å²) in [6.45, 7) is 1.50. The Bertz CT molecular complexity index is 535. The zero-order valence-electron chi connectivity index (χ0n) is 12.3. The lowest BCUT2D eigenvalue weighted by atomic mass is 9.98. The van der Waals surface area contributed by atoms with Crippen LogP contribution in [0.15, 0.2) is 36.5 Å². The van der Waals surface area contributed by atoms with Crippen molar-refractivity contribution in [1.29, 1.82) is 0 Å². The Morgan fingerprint density at radius 3 is 2.81 bits per heavy atom. The van der Waals surface area contributed by atoms with Crippen LogP contribution in [0.1, 0.15) is 18.4 Å². The first-order valence-electron chi connectivity index (χ1n) is 7.49. The SMILES string of the molecule is COc1ccccc1CC1C=CN(C2CCOCC2)C1=O. The van der Waals surface area contributed by atoms with Crippen LogP contribution in [0.25, 0.3) is 0 Å². The largest absolute Gasteiger partial charge is 0.496 e. The predicted molar refractivity (Wildman–Crippen MR) is 80.0 cm³/mol. The highest BCUT2D eigenvalue weighted by atomic mass is 16.5. The Balaban J connectivity index is 1.68. The van der Waals surface area contributed by atoms with Crippen LogP contribution in [-0.2, 0) is 16.0 Å². The minimum atomic E-state index is -0.0795. The summed E-state index contributed by atoms with van der Waals surface area (Å²) >= 11 is 0. The van der Waals surface area contributed by atoms with Crippen molar-refractivity contribution in [2.75, 3.05) is 20.3 Å². The summed E-state index contributed by atoms with van der Waals surface area (Å²) < 4.78 is 10.7. The minimum Gasteiger partial charge on any atom is -0.496 e. The molecule has 1 atom stereocenters. The van der Waals surface area contributed by atoms with Gasteiger partial charge in [-0.1, -0.05) is 24.3 Å². The molecule has 0 bridgehead atoms. The van der Waals surface area contributed by atoms with Gasteiger partial charge in [0.1, 0.15) is 5.75 Å². The highest BCUT2D eigenvalue weighted by molar-refractivity contribution is 5.84. The summed E-state index contributed by atoms with van der Waals surface area (Å²) in [5.41, 5.74) is 1.08. The molecule has 0 radical (unpaired) electrons. The smallest absolute Gasteiger partial charge is 0.234 e. The molecule has 3 rings (SSSR count). The maximum Gasteiger partial charge on any atom is 0.234 e. The number of nitrogens with zero attached hydrogens (tertiary/aromatic N) is 1. The monoisotopic (exact) mass is 287 g/mol. The standard InChI is InChI=1S/C17H21NO3/c1-20-16-5-3-2-4-13(16)12-14-6-9-18(17(14)19)15-7-10-21-11-8-15/h2-6,9,14-15H,7-8,10-12H2,1H3. The molecule has 2 aliphatic heterocycles. The first-order chi connectivity index (χ1) is 10.3. The number of carbonyl (C=O) groups excluding carboxylic acids is 1. The van der Waals surface area contributed by atoms with Crippen molar-refractivity contribution in [2.45, 2.75) is 25.3 Å². The summed E-state index contributed by atoms with van der Waals surface area (Å²) in [4.78, 5) is 14.5. The van der Waals surface area contributed by atoms with Gasteiger partial charge in [0.15, 0.2) is 0 Å². The molecule has 1 unspecified atom stereocenters. The van der Waals surface area contributed by atoms with E-state index in [4.69, 9.17) is 9.47 Å². The zero-order valence-corrected chi connectivity index (χ0v) is 12.3. The summed E-state index contributed by atoms with van der Waals surface area (Å²) in [5, 5.41) is 0. The summed E-state index contributed by atoms with van der Waals surface area (Å²) in [6.07, 6.45) is 6.52. The number of ether oxygens (including phenoxy) is 2. The molecule has 4 nitrogen and oxygen atoms in total. The fourth-order valence-corrected chi connectivity index (χ4v) is 3.07. The van der Waals surface area contributed by atoms with Crippen LogP contribution in [0, 0.1) is 5.92 Å². The molecule has 1 fully saturated rings. The molecule has 2 aliphatic rings. The molecule has 4 heteroatoms. The summed E-state index contributed by atoms with van der Waals surface area (Å²) in [7, 11) is 1.67. The van der Waals surface area contributed by atoms with E-state index in [0.717, 1.165) is 37.4 Å². The Morgan fingerprint density at radius 1 is 1.29 bits per heavy atom. The van der Waals surface area contributed by atoms with Crippen molar-refractivity contribution in [1.82, 2.24) is 4.90 Å². The molecule has 1 saturated heterocycles. The molecule has 0 N–H and O–H groups in total. The highest BCUT2D eigenvalue weighted by Gasteiger charge is 2.32. The van der Waals surface area contributed by atoms with E-state index in [1.807, 2.05) is 41.4 Å². The molecule has 0 aliphatic carbocycles. The van der Waals surface area contributed by atoms with Gasteiger partial charge in [-0.05, 0) is 30.9 Å². The Kier molecular flexibility index (Phi) is 4.25. The van der Waals surface area contributed by atoms with Crippen molar-refractivity contribution >= 4 is 5.91 Å². The average Bonchev–Trinajstić information content (AvgIpc) is 2.90. The molecule has 0 spiro atoms. The van der Waals surface area contributed by atoms with Crippen LogP contribution < -0.4 is 4.74 Å². The third-order valence-corrected chi connectivity index (χ3v) is 4.27. The molecule has 21 heavy (non-hydrogen) atoms. The number of benzene rings is 1. The third kappa shape index (κ3) is 2.95. The van der Waals surface area contributed by atoms with E-state index in [-0.39, 0.29) is 11.8 Å². The lowest BCUT2D eigenvalue weighted by molar-refractivity contribution is -0.133. The normalized spacial score (nSPS) is 22.8. The van der Waals surface area contributed by atoms with Crippen LogP contribution in [0.2, 0.25) is 0 Å². The zero-order chi connectivity index (χ0) is 14.7. The number of methoxy groups -OCH3 is 1. The second-order valence-electron chi connectivity index (χ2n) is 5.55. The lowest BCUT2D eigenvalue weighted by Gasteiger charge is -2.30. The van der Waals surface area contributed by atoms with Crippen molar-refractivity contribution in [3.05, 3.63) is 42.1 Å². The molecule has 0 saturated carbocycles. The van der Waals surface area contributed by atoms with E-state index in [1.165, 1.54) is 0 Å². The van der Waals surface area contributed by atoms with Crippen LogP contribution in [0.4, 0.5) is 0 Å². The van der Waals surface area contributed by atoms with Gasteiger partial charge in [0, 0.05) is 25.5 Å². The molecular weight excluding hydrogens is 266 g/mol. The first kappa shape index (κ1) is 14.1. The van der Waals surface area contributed by atoms with Crippen molar-refractivity contribution in [2.24, 2.45) is 5.92 Å². The number of para-hydroxylation sites is 1. The quantitative estimate of drug-likeness (QED) is 0.853. The first-order valence-corrected chi connectivity index (χ1v) is 7.49. The second-order valence-corrected chi connectivity index (χ2v) is 5.55. The van der Waals surface area contributed by atoms with Gasteiger partial charge in [0.05, 0.1) is 13.0 Å². The van der Waals surface area contributed by atoms with Crippen LogP contribution in [-0.4, -0.2) is 37.2 Å². The minimum absolute atomic E-state index is 0.0795. The molecule has 1 aromatic rings. The second kappa shape index (κ2) is 6.31. The number of hydrogen-bond acceptors (Lipinski definition) is 3. The Hall–Kier alpha value is -1.81. The number of amides is 1. The van der Waals surface area contributed by atoms with Crippen molar-refractivity contribution in [3.8, 4) is 5.75 Å². The summed E-state index contributed by atoms with van der Waals surface area (Å²) in [6, 6.07) is 8.19. The topological polar surface area (TPSA) is 38.8 Å². The maximum absolute atomic E-state index is 12.6. The molecule has 112 valence electrons. The van der Waals surface area contributed by atoms with Gasteiger partial charge in [0.25, 0.3) is 0 Å². The van der Waals surface area contributed by atoms with Gasteiger partial charge in [0.2, 0.25) is 5.91 Å². The highest BCUT2D eigenvalue weighted by Crippen LogP contribution is 2.28. The molecular formula is C17H21NO3. The molecule has 1 amide bonds. The van der Waals surface area contributed by atoms with E-state index in [2.05, 4.69) is 0 Å². The van der Waals surface area contributed by atoms with E-state index in [1.54, 1.807) is 7.11 Å². The van der Waals surface area contributed by atoms with E-state index >= 15 is 0 Å². The van der Waals surface area contributed by atoms with Crippen LogP contribution in [0.3, 0.4) is 0 Å². The molecule has 2 heterocycles. The Morgan fingerprint density at radius 2 is 2.05 bits per heavy atom. The van der Waals surface area contributed by atoms with E-state index < -0.39 is 0 Å². The van der Waals surface area contributed by atoms with Crippen molar-refractivity contribution in [3.63, 3.8) is 0 Å². The number of rotatable bonds is 4. The molecule has 0 aromatic heterocycles. The number of carbonyl (C=O) groups is 1. The van der Waals surface area contributed by atoms with Crippen LogP contribution in [0.5, 0.6) is 5.75 Å². The third-order valence-electron chi connectivity index (χ3n) is 4.27. The van der Waals surface area contributed by atoms with Gasteiger partial charge in [-0.15, -0.1) is 0 Å². The van der Waals surface area contributed by atoms with Gasteiger partial charge in [-0.2, -0.15) is 0 Å². The fourth-order valence-electron chi connectivity index (χ4n) is 3.07. The van der Waals surface area contributed by atoms with Gasteiger partial charge >= 0.3 is 0 Å². The fraction of sp³-hybridized carbons (Fsp3) is 0.471. The molecule has 1 aromatic carbocycles. The van der Waals surface area contributed by atoms with Gasteiger partial charge in [-0.25, -0.2) is 0 Å². The van der Waals surface area contributed by atoms with E-state index in [9.17, 15) is 4.79 Å². The van der Waals surface area contributed by atoms with Crippen LogP contribution >= 0.6 is 0 Å². The average molecular weight is 287 g/mol. The maximum atomic E-state index is 12.6. The van der Waals surface area contributed by atoms with Crippen molar-refractivity contribution < 1.29 is 14.3 Å². The van der Waals surface area contributed by atoms with Gasteiger partial charge in [-0.3, -0.25) is 4.79 Å². The summed E-state index contributed by atoms with van der Waals surface area (Å²) in [5.74, 6) is 0.972.